The van der Waals surface area contributed by atoms with E-state index in [0.29, 0.717) is 5.57 Å². The molecule has 98 valence electrons. The number of rotatable bonds is 5. The van der Waals surface area contributed by atoms with Gasteiger partial charge in [0.15, 0.2) is 11.6 Å². The molecule has 0 fully saturated rings. The van der Waals surface area contributed by atoms with E-state index in [1.165, 1.54) is 26.7 Å². The molecule has 3 heteroatoms. The number of Topliss-reactive ketones (excluding diaryl/α,β-unsaturated/α-hetero) is 1. The van der Waals surface area contributed by atoms with Gasteiger partial charge in [-0.05, 0) is 32.4 Å². The first kappa shape index (κ1) is 14.6. The number of hydrogen-bond acceptors (Lipinski definition) is 3. The van der Waals surface area contributed by atoms with Crippen LogP contribution in [0.1, 0.15) is 25.0 Å². The lowest BCUT2D eigenvalue weighted by Gasteiger charge is -2.28. The Morgan fingerprint density at radius 3 is 2.06 bits per heavy atom. The number of aryl methyl sites for hydroxylation is 1. The van der Waals surface area contributed by atoms with Crippen LogP contribution in [-0.2, 0) is 14.3 Å². The van der Waals surface area contributed by atoms with Crippen LogP contribution >= 0.6 is 0 Å². The molecule has 0 amide bonds. The van der Waals surface area contributed by atoms with Crippen LogP contribution in [0.4, 0.5) is 0 Å². The van der Waals surface area contributed by atoms with Crippen molar-refractivity contribution in [1.29, 1.82) is 0 Å². The predicted octanol–water partition coefficient (Wildman–Crippen LogP) is 2.98. The normalized spacial score (nSPS) is 12.6. The van der Waals surface area contributed by atoms with Crippen molar-refractivity contribution in [3.05, 3.63) is 41.0 Å². The van der Waals surface area contributed by atoms with E-state index >= 15 is 0 Å². The highest BCUT2D eigenvalue weighted by Crippen LogP contribution is 2.24. The molecule has 1 aromatic carbocycles. The molecule has 0 saturated carbocycles. The van der Waals surface area contributed by atoms with E-state index in [2.05, 4.69) is 0 Å². The van der Waals surface area contributed by atoms with Gasteiger partial charge in [0.05, 0.1) is 5.57 Å². The smallest absolute Gasteiger partial charge is 0.194 e. The van der Waals surface area contributed by atoms with Crippen LogP contribution in [0.3, 0.4) is 0 Å². The minimum atomic E-state index is -1.02. The van der Waals surface area contributed by atoms with E-state index in [9.17, 15) is 4.79 Å². The molecule has 0 atom stereocenters. The molecule has 0 N–H and O–H groups in total. The zero-order chi connectivity index (χ0) is 13.8. The number of carbonyl (C=O) groups excluding carboxylic acids is 1. The number of hydrogen-bond donors (Lipinski definition) is 0. The summed E-state index contributed by atoms with van der Waals surface area (Å²) in [7, 11) is 3.05. The predicted molar refractivity (Wildman–Crippen MR) is 72.3 cm³/mol. The molecular formula is C15H20O3. The number of ether oxygens (including phenoxy) is 2. The Kier molecular flexibility index (Phi) is 4.82. The third-order valence-electron chi connectivity index (χ3n) is 3.04. The van der Waals surface area contributed by atoms with Gasteiger partial charge in [-0.3, -0.25) is 4.79 Å². The van der Waals surface area contributed by atoms with Crippen molar-refractivity contribution in [3.63, 3.8) is 0 Å². The summed E-state index contributed by atoms with van der Waals surface area (Å²) in [5, 5.41) is 0. The lowest BCUT2D eigenvalue weighted by Crippen LogP contribution is -2.35. The van der Waals surface area contributed by atoms with E-state index in [-0.39, 0.29) is 5.78 Å². The van der Waals surface area contributed by atoms with E-state index in [1.807, 2.05) is 31.2 Å². The number of carbonyl (C=O) groups is 1. The fraction of sp³-hybridized carbons (Fsp3) is 0.400. The maximum atomic E-state index is 11.8. The second-order valence-electron chi connectivity index (χ2n) is 4.38. The van der Waals surface area contributed by atoms with Crippen molar-refractivity contribution in [2.45, 2.75) is 26.6 Å². The molecule has 1 aromatic rings. The van der Waals surface area contributed by atoms with Crippen LogP contribution in [-0.4, -0.2) is 25.8 Å². The van der Waals surface area contributed by atoms with Crippen LogP contribution in [0.15, 0.2) is 29.8 Å². The van der Waals surface area contributed by atoms with Crippen LogP contribution in [0, 0.1) is 6.92 Å². The fourth-order valence-electron chi connectivity index (χ4n) is 1.69. The number of benzene rings is 1. The molecule has 3 nitrogen and oxygen atoms in total. The summed E-state index contributed by atoms with van der Waals surface area (Å²) in [6.45, 7) is 5.26. The average Bonchev–Trinajstić information content (AvgIpc) is 2.37. The second-order valence-corrected chi connectivity index (χ2v) is 4.38. The summed E-state index contributed by atoms with van der Waals surface area (Å²) < 4.78 is 10.6. The molecule has 1 rings (SSSR count). The SMILES string of the molecule is COC(C)(OC)/C(=C/c1ccc(C)cc1)C(C)=O. The molecule has 0 aliphatic carbocycles. The summed E-state index contributed by atoms with van der Waals surface area (Å²) in [4.78, 5) is 11.8. The Balaban J connectivity index is 3.20. The first-order valence-corrected chi connectivity index (χ1v) is 5.83. The molecule has 0 unspecified atom stereocenters. The Bertz CT molecular complexity index is 439. The first-order valence-electron chi connectivity index (χ1n) is 5.83. The molecule has 0 radical (unpaired) electrons. The Hall–Kier alpha value is -1.45. The maximum Gasteiger partial charge on any atom is 0.194 e. The molecule has 0 bridgehead atoms. The lowest BCUT2D eigenvalue weighted by molar-refractivity contribution is -0.167. The Morgan fingerprint density at radius 1 is 1.17 bits per heavy atom. The summed E-state index contributed by atoms with van der Waals surface area (Å²) in [6.07, 6.45) is 1.80. The summed E-state index contributed by atoms with van der Waals surface area (Å²) >= 11 is 0. The van der Waals surface area contributed by atoms with Gasteiger partial charge in [-0.1, -0.05) is 29.8 Å². The molecule has 0 saturated heterocycles. The summed E-state index contributed by atoms with van der Waals surface area (Å²) in [5.74, 6) is -1.08. The van der Waals surface area contributed by atoms with Gasteiger partial charge in [-0.25, -0.2) is 0 Å². The zero-order valence-corrected chi connectivity index (χ0v) is 11.6. The van der Waals surface area contributed by atoms with Crippen molar-refractivity contribution in [2.75, 3.05) is 14.2 Å². The quantitative estimate of drug-likeness (QED) is 0.593. The van der Waals surface area contributed by atoms with Crippen molar-refractivity contribution in [2.24, 2.45) is 0 Å². The van der Waals surface area contributed by atoms with E-state index in [1.54, 1.807) is 13.0 Å². The Labute approximate surface area is 108 Å². The van der Waals surface area contributed by atoms with Crippen LogP contribution in [0.2, 0.25) is 0 Å². The average molecular weight is 248 g/mol. The molecule has 0 spiro atoms. The number of methoxy groups -OCH3 is 2. The van der Waals surface area contributed by atoms with E-state index in [0.717, 1.165) is 5.56 Å². The van der Waals surface area contributed by atoms with Crippen molar-refractivity contribution < 1.29 is 14.3 Å². The van der Waals surface area contributed by atoms with Crippen molar-refractivity contribution >= 4 is 11.9 Å². The highest BCUT2D eigenvalue weighted by molar-refractivity contribution is 5.99. The number of ketones is 1. The Morgan fingerprint density at radius 2 is 1.67 bits per heavy atom. The van der Waals surface area contributed by atoms with Gasteiger partial charge >= 0.3 is 0 Å². The third kappa shape index (κ3) is 3.28. The van der Waals surface area contributed by atoms with Gasteiger partial charge < -0.3 is 9.47 Å². The van der Waals surface area contributed by atoms with Crippen molar-refractivity contribution in [1.82, 2.24) is 0 Å². The van der Waals surface area contributed by atoms with Gasteiger partial charge in [0.2, 0.25) is 0 Å². The zero-order valence-electron chi connectivity index (χ0n) is 11.6. The lowest BCUT2D eigenvalue weighted by atomic mass is 10.00. The fourth-order valence-corrected chi connectivity index (χ4v) is 1.69. The van der Waals surface area contributed by atoms with E-state index in [4.69, 9.17) is 9.47 Å². The largest absolute Gasteiger partial charge is 0.349 e. The van der Waals surface area contributed by atoms with Crippen LogP contribution in [0.5, 0.6) is 0 Å². The van der Waals surface area contributed by atoms with Gasteiger partial charge in [0.1, 0.15) is 0 Å². The summed E-state index contributed by atoms with van der Waals surface area (Å²) in [6, 6.07) is 7.93. The monoisotopic (exact) mass is 248 g/mol. The summed E-state index contributed by atoms with van der Waals surface area (Å²) in [5.41, 5.74) is 2.63. The molecule has 0 aromatic heterocycles. The maximum absolute atomic E-state index is 11.8. The highest BCUT2D eigenvalue weighted by atomic mass is 16.7. The van der Waals surface area contributed by atoms with E-state index < -0.39 is 5.79 Å². The minimum absolute atomic E-state index is 0.0678. The second kappa shape index (κ2) is 5.94. The molecule has 0 aliphatic heterocycles. The minimum Gasteiger partial charge on any atom is -0.349 e. The van der Waals surface area contributed by atoms with Crippen LogP contribution < -0.4 is 0 Å². The molecule has 0 heterocycles. The van der Waals surface area contributed by atoms with Crippen LogP contribution in [0.25, 0.3) is 6.08 Å². The molecular weight excluding hydrogens is 228 g/mol. The standard InChI is InChI=1S/C15H20O3/c1-11-6-8-13(9-7-11)10-14(12(2)16)15(3,17-4)18-5/h6-10H,1-5H3/b14-10+. The third-order valence-corrected chi connectivity index (χ3v) is 3.04. The van der Waals surface area contributed by atoms with Gasteiger partial charge in [-0.2, -0.15) is 0 Å². The first-order chi connectivity index (χ1) is 8.42. The molecule has 0 aliphatic rings. The van der Waals surface area contributed by atoms with Crippen molar-refractivity contribution in [3.8, 4) is 0 Å². The topological polar surface area (TPSA) is 35.5 Å². The molecule has 18 heavy (non-hydrogen) atoms. The van der Waals surface area contributed by atoms with Gasteiger partial charge in [0, 0.05) is 14.2 Å². The van der Waals surface area contributed by atoms with Gasteiger partial charge in [-0.15, -0.1) is 0 Å². The van der Waals surface area contributed by atoms with Gasteiger partial charge in [0.25, 0.3) is 0 Å². The highest BCUT2D eigenvalue weighted by Gasteiger charge is 2.31.